The van der Waals surface area contributed by atoms with Gasteiger partial charge >= 0.3 is 0 Å². The van der Waals surface area contributed by atoms with E-state index in [1.807, 2.05) is 18.2 Å². The summed E-state index contributed by atoms with van der Waals surface area (Å²) in [7, 11) is 0. The van der Waals surface area contributed by atoms with Crippen molar-refractivity contribution in [3.8, 4) is 11.5 Å². The molecule has 0 radical (unpaired) electrons. The summed E-state index contributed by atoms with van der Waals surface area (Å²) in [6.07, 6.45) is 6.76. The molecule has 5 rings (SSSR count). The first-order valence-corrected chi connectivity index (χ1v) is 10.3. The van der Waals surface area contributed by atoms with Crippen molar-refractivity contribution in [1.82, 2.24) is 10.2 Å². The maximum atomic E-state index is 13.0. The summed E-state index contributed by atoms with van der Waals surface area (Å²) in [5.41, 5.74) is 0.363. The Morgan fingerprint density at radius 2 is 1.89 bits per heavy atom. The number of ether oxygens (including phenoxy) is 3. The molecule has 1 aromatic rings. The number of carbonyl (C=O) groups is 2. The van der Waals surface area contributed by atoms with Gasteiger partial charge in [-0.3, -0.25) is 14.5 Å². The van der Waals surface area contributed by atoms with Gasteiger partial charge in [-0.25, -0.2) is 0 Å². The Hall–Kier alpha value is -2.28. The number of nitrogens with one attached hydrogen (secondary N) is 1. The zero-order valence-electron chi connectivity index (χ0n) is 15.9. The Kier molecular flexibility index (Phi) is 4.42. The lowest BCUT2D eigenvalue weighted by Gasteiger charge is -2.41. The van der Waals surface area contributed by atoms with Crippen LogP contribution < -0.4 is 14.8 Å². The average Bonchev–Trinajstić information content (AvgIpc) is 3.37. The van der Waals surface area contributed by atoms with E-state index >= 15 is 0 Å². The van der Waals surface area contributed by atoms with Gasteiger partial charge in [-0.1, -0.05) is 12.5 Å². The number of amides is 2. The van der Waals surface area contributed by atoms with E-state index in [1.54, 1.807) is 4.90 Å². The fraction of sp³-hybridized carbons (Fsp3) is 0.619. The molecule has 2 aliphatic heterocycles. The Balaban J connectivity index is 1.29. The van der Waals surface area contributed by atoms with Crippen LogP contribution in [0.2, 0.25) is 0 Å². The third-order valence-corrected chi connectivity index (χ3v) is 6.27. The number of hydrogen-bond acceptors (Lipinski definition) is 5. The quantitative estimate of drug-likeness (QED) is 0.859. The van der Waals surface area contributed by atoms with E-state index in [1.165, 1.54) is 0 Å². The average molecular weight is 386 g/mol. The molecular weight excluding hydrogens is 360 g/mol. The van der Waals surface area contributed by atoms with Gasteiger partial charge in [0, 0.05) is 12.5 Å². The fourth-order valence-corrected chi connectivity index (χ4v) is 4.58. The highest BCUT2D eigenvalue weighted by molar-refractivity contribution is 5.90. The van der Waals surface area contributed by atoms with Gasteiger partial charge in [0.05, 0.1) is 6.61 Å². The van der Waals surface area contributed by atoms with Crippen molar-refractivity contribution in [2.24, 2.45) is 5.92 Å². The largest absolute Gasteiger partial charge is 0.454 e. The van der Waals surface area contributed by atoms with Crippen LogP contribution in [0.1, 0.15) is 50.5 Å². The van der Waals surface area contributed by atoms with Crippen molar-refractivity contribution in [1.29, 1.82) is 0 Å². The van der Waals surface area contributed by atoms with Gasteiger partial charge in [0.25, 0.3) is 0 Å². The minimum absolute atomic E-state index is 0.0738. The summed E-state index contributed by atoms with van der Waals surface area (Å²) in [5, 5.41) is 2.99. The van der Waals surface area contributed by atoms with Crippen LogP contribution in [0.4, 0.5) is 0 Å². The van der Waals surface area contributed by atoms with E-state index in [4.69, 9.17) is 14.2 Å². The topological polar surface area (TPSA) is 77.1 Å². The molecule has 28 heavy (non-hydrogen) atoms. The van der Waals surface area contributed by atoms with Gasteiger partial charge in [-0.15, -0.1) is 0 Å². The lowest BCUT2D eigenvalue weighted by molar-refractivity contribution is -0.161. The highest BCUT2D eigenvalue weighted by atomic mass is 16.7. The van der Waals surface area contributed by atoms with Gasteiger partial charge in [0.15, 0.2) is 11.5 Å². The zero-order chi connectivity index (χ0) is 19.1. The summed E-state index contributed by atoms with van der Waals surface area (Å²) >= 11 is 0. The van der Waals surface area contributed by atoms with E-state index in [0.717, 1.165) is 56.3 Å². The number of hydrogen-bond donors (Lipinski definition) is 1. The molecule has 0 unspecified atom stereocenters. The molecular formula is C21H26N2O5. The molecule has 2 saturated carbocycles. The maximum absolute atomic E-state index is 13.0. The van der Waals surface area contributed by atoms with Crippen molar-refractivity contribution in [3.63, 3.8) is 0 Å². The summed E-state index contributed by atoms with van der Waals surface area (Å²) in [5.74, 6) is 1.45. The van der Waals surface area contributed by atoms with Crippen LogP contribution in [-0.4, -0.2) is 41.9 Å². The van der Waals surface area contributed by atoms with Crippen LogP contribution in [0, 0.1) is 5.92 Å². The summed E-state index contributed by atoms with van der Waals surface area (Å²) in [6.45, 7) is 0.890. The SMILES string of the molecule is O=C(NCc1ccc2c(c1)OCO2)[C@H]1COC2(CCCCC2)N1C(=O)C1CC1. The van der Waals surface area contributed by atoms with E-state index in [2.05, 4.69) is 5.32 Å². The molecule has 1 N–H and O–H groups in total. The number of benzene rings is 1. The molecule has 3 fully saturated rings. The van der Waals surface area contributed by atoms with E-state index in [9.17, 15) is 9.59 Å². The number of fused-ring (bicyclic) bond motifs is 1. The molecule has 2 heterocycles. The van der Waals surface area contributed by atoms with Crippen molar-refractivity contribution in [3.05, 3.63) is 23.8 Å². The van der Waals surface area contributed by atoms with Crippen LogP contribution in [0.15, 0.2) is 18.2 Å². The zero-order valence-corrected chi connectivity index (χ0v) is 15.9. The van der Waals surface area contributed by atoms with Crippen LogP contribution in [0.5, 0.6) is 11.5 Å². The monoisotopic (exact) mass is 386 g/mol. The highest BCUT2D eigenvalue weighted by Crippen LogP contribution is 2.44. The molecule has 4 aliphatic rings. The molecule has 1 atom stereocenters. The third-order valence-electron chi connectivity index (χ3n) is 6.27. The van der Waals surface area contributed by atoms with Crippen molar-refractivity contribution in [2.75, 3.05) is 13.4 Å². The lowest BCUT2D eigenvalue weighted by Crippen LogP contribution is -2.56. The van der Waals surface area contributed by atoms with Gasteiger partial charge in [-0.2, -0.15) is 0 Å². The van der Waals surface area contributed by atoms with Crippen molar-refractivity contribution in [2.45, 2.75) is 63.3 Å². The molecule has 7 heteroatoms. The molecule has 150 valence electrons. The Morgan fingerprint density at radius 1 is 1.11 bits per heavy atom. The molecule has 1 aromatic carbocycles. The summed E-state index contributed by atoms with van der Waals surface area (Å²) < 4.78 is 16.9. The Labute approximate surface area is 164 Å². The maximum Gasteiger partial charge on any atom is 0.245 e. The van der Waals surface area contributed by atoms with Gasteiger partial charge in [0.2, 0.25) is 18.6 Å². The second kappa shape index (κ2) is 6.95. The van der Waals surface area contributed by atoms with Crippen molar-refractivity contribution >= 4 is 11.8 Å². The summed E-state index contributed by atoms with van der Waals surface area (Å²) in [6, 6.07) is 5.10. The van der Waals surface area contributed by atoms with Gasteiger partial charge in [-0.05, 0) is 56.2 Å². The van der Waals surface area contributed by atoms with Crippen LogP contribution in [0.25, 0.3) is 0 Å². The number of rotatable bonds is 4. The molecule has 2 amide bonds. The van der Waals surface area contributed by atoms with Crippen molar-refractivity contribution < 1.29 is 23.8 Å². The fourth-order valence-electron chi connectivity index (χ4n) is 4.58. The molecule has 0 aromatic heterocycles. The molecule has 7 nitrogen and oxygen atoms in total. The van der Waals surface area contributed by atoms with E-state index in [0.29, 0.717) is 12.3 Å². The van der Waals surface area contributed by atoms with Crippen LogP contribution in [0.3, 0.4) is 0 Å². The van der Waals surface area contributed by atoms with Crippen LogP contribution in [-0.2, 0) is 20.9 Å². The van der Waals surface area contributed by atoms with E-state index < -0.39 is 11.8 Å². The Morgan fingerprint density at radius 3 is 2.68 bits per heavy atom. The lowest BCUT2D eigenvalue weighted by atomic mass is 9.90. The molecule has 0 bridgehead atoms. The minimum atomic E-state index is -0.571. The first-order valence-electron chi connectivity index (χ1n) is 10.3. The summed E-state index contributed by atoms with van der Waals surface area (Å²) in [4.78, 5) is 27.8. The first kappa shape index (κ1) is 17.8. The van der Waals surface area contributed by atoms with E-state index in [-0.39, 0.29) is 31.1 Å². The number of nitrogens with zero attached hydrogens (tertiary/aromatic N) is 1. The van der Waals surface area contributed by atoms with Crippen LogP contribution >= 0.6 is 0 Å². The second-order valence-electron chi connectivity index (χ2n) is 8.22. The molecule has 1 spiro atoms. The first-order chi connectivity index (χ1) is 13.7. The van der Waals surface area contributed by atoms with Gasteiger partial charge < -0.3 is 19.5 Å². The second-order valence-corrected chi connectivity index (χ2v) is 8.22. The standard InChI is InChI=1S/C21H26N2O5/c24-19(22-11-14-4-7-17-18(10-14)27-13-26-17)16-12-28-21(8-2-1-3-9-21)23(16)20(25)15-5-6-15/h4,7,10,15-16H,1-3,5-6,8-9,11-13H2,(H,22,24)/t16-/m1/s1. The highest BCUT2D eigenvalue weighted by Gasteiger charge is 2.54. The molecule has 1 saturated heterocycles. The Bertz CT molecular complexity index is 785. The predicted molar refractivity (Wildman–Crippen MR) is 99.5 cm³/mol. The van der Waals surface area contributed by atoms with Gasteiger partial charge in [0.1, 0.15) is 11.8 Å². The smallest absolute Gasteiger partial charge is 0.245 e. The third kappa shape index (κ3) is 3.11. The normalized spacial score (nSPS) is 25.1. The number of carbonyl (C=O) groups excluding carboxylic acids is 2. The molecule has 2 aliphatic carbocycles. The minimum Gasteiger partial charge on any atom is -0.454 e. The predicted octanol–water partition coefficient (Wildman–Crippen LogP) is 2.33.